The highest BCUT2D eigenvalue weighted by Gasteiger charge is 2.25. The average Bonchev–Trinajstić information content (AvgIpc) is 3.33. The lowest BCUT2D eigenvalue weighted by Crippen LogP contribution is -2.29. The summed E-state index contributed by atoms with van der Waals surface area (Å²) < 4.78 is 39.8. The molecule has 0 unspecified atom stereocenters. The SMILES string of the molecule is COc1ccc(S(=O)(=O)N[C@@H](CCCCCC(C)=O)c2ncc(-c3ccccc3)[nH]2)cc1OC. The highest BCUT2D eigenvalue weighted by atomic mass is 32.2. The zero-order valence-corrected chi connectivity index (χ0v) is 20.5. The molecule has 34 heavy (non-hydrogen) atoms. The molecule has 0 aliphatic carbocycles. The molecule has 3 rings (SSSR count). The summed E-state index contributed by atoms with van der Waals surface area (Å²) in [4.78, 5) is 19.0. The number of hydrogen-bond acceptors (Lipinski definition) is 6. The molecule has 1 atom stereocenters. The van der Waals surface area contributed by atoms with Gasteiger partial charge in [0.05, 0.1) is 37.0 Å². The van der Waals surface area contributed by atoms with Gasteiger partial charge in [0.15, 0.2) is 11.5 Å². The number of aromatic amines is 1. The number of nitrogens with zero attached hydrogens (tertiary/aromatic N) is 1. The average molecular weight is 486 g/mol. The van der Waals surface area contributed by atoms with Gasteiger partial charge in [0, 0.05) is 12.5 Å². The van der Waals surface area contributed by atoms with E-state index in [1.807, 2.05) is 30.3 Å². The van der Waals surface area contributed by atoms with Crippen molar-refractivity contribution in [2.45, 2.75) is 50.0 Å². The van der Waals surface area contributed by atoms with Gasteiger partial charge in [-0.2, -0.15) is 0 Å². The van der Waals surface area contributed by atoms with E-state index in [-0.39, 0.29) is 10.7 Å². The molecule has 2 aromatic carbocycles. The van der Waals surface area contributed by atoms with Gasteiger partial charge >= 0.3 is 0 Å². The minimum absolute atomic E-state index is 0.0709. The molecule has 0 fully saturated rings. The summed E-state index contributed by atoms with van der Waals surface area (Å²) in [5.41, 5.74) is 1.77. The van der Waals surface area contributed by atoms with Crippen molar-refractivity contribution in [3.63, 3.8) is 0 Å². The summed E-state index contributed by atoms with van der Waals surface area (Å²) in [6.07, 6.45) is 5.11. The molecule has 0 saturated heterocycles. The number of ketones is 1. The molecule has 182 valence electrons. The van der Waals surface area contributed by atoms with Crippen molar-refractivity contribution >= 4 is 15.8 Å². The predicted molar refractivity (Wildman–Crippen MR) is 130 cm³/mol. The topological polar surface area (TPSA) is 110 Å². The van der Waals surface area contributed by atoms with Crippen molar-refractivity contribution in [1.29, 1.82) is 0 Å². The third-order valence-corrected chi connectivity index (χ3v) is 6.96. The van der Waals surface area contributed by atoms with Crippen LogP contribution in [0.15, 0.2) is 59.6 Å². The van der Waals surface area contributed by atoms with Crippen LogP contribution in [-0.2, 0) is 14.8 Å². The molecule has 1 aromatic heterocycles. The highest BCUT2D eigenvalue weighted by molar-refractivity contribution is 7.89. The first kappa shape index (κ1) is 25.5. The van der Waals surface area contributed by atoms with Gasteiger partial charge in [-0.15, -0.1) is 0 Å². The van der Waals surface area contributed by atoms with Crippen molar-refractivity contribution in [2.24, 2.45) is 0 Å². The van der Waals surface area contributed by atoms with E-state index in [2.05, 4.69) is 14.7 Å². The number of imidazole rings is 1. The molecule has 2 N–H and O–H groups in total. The van der Waals surface area contributed by atoms with Crippen LogP contribution < -0.4 is 14.2 Å². The summed E-state index contributed by atoms with van der Waals surface area (Å²) in [5.74, 6) is 1.47. The number of H-pyrrole nitrogens is 1. The second-order valence-electron chi connectivity index (χ2n) is 8.04. The molecule has 1 heterocycles. The number of nitrogens with one attached hydrogen (secondary N) is 2. The summed E-state index contributed by atoms with van der Waals surface area (Å²) in [5, 5.41) is 0. The first-order valence-electron chi connectivity index (χ1n) is 11.2. The van der Waals surface area contributed by atoms with E-state index in [9.17, 15) is 13.2 Å². The van der Waals surface area contributed by atoms with Gasteiger partial charge in [-0.05, 0) is 37.5 Å². The maximum absolute atomic E-state index is 13.2. The van der Waals surface area contributed by atoms with Crippen LogP contribution in [0.25, 0.3) is 11.3 Å². The van der Waals surface area contributed by atoms with Gasteiger partial charge in [0.1, 0.15) is 11.6 Å². The quantitative estimate of drug-likeness (QED) is 0.341. The maximum Gasteiger partial charge on any atom is 0.241 e. The molecule has 3 aromatic rings. The Morgan fingerprint density at radius 2 is 1.76 bits per heavy atom. The van der Waals surface area contributed by atoms with E-state index in [0.29, 0.717) is 30.2 Å². The number of methoxy groups -OCH3 is 2. The number of carbonyl (C=O) groups excluding carboxylic acids is 1. The van der Waals surface area contributed by atoms with E-state index < -0.39 is 16.1 Å². The van der Waals surface area contributed by atoms with Crippen LogP contribution >= 0.6 is 0 Å². The van der Waals surface area contributed by atoms with Crippen molar-refractivity contribution in [2.75, 3.05) is 14.2 Å². The molecule has 0 bridgehead atoms. The Morgan fingerprint density at radius 3 is 2.44 bits per heavy atom. The van der Waals surface area contributed by atoms with Gasteiger partial charge in [-0.25, -0.2) is 18.1 Å². The van der Waals surface area contributed by atoms with Crippen LogP contribution in [0.5, 0.6) is 11.5 Å². The minimum atomic E-state index is -3.88. The number of carbonyl (C=O) groups is 1. The second kappa shape index (κ2) is 11.8. The Bertz CT molecular complexity index is 1190. The zero-order chi connectivity index (χ0) is 24.6. The van der Waals surface area contributed by atoms with Crippen LogP contribution in [0.3, 0.4) is 0 Å². The number of sulfonamides is 1. The number of aromatic nitrogens is 2. The molecule has 0 aliphatic heterocycles. The van der Waals surface area contributed by atoms with Crippen LogP contribution in [0, 0.1) is 0 Å². The molecule has 9 heteroatoms. The highest BCUT2D eigenvalue weighted by Crippen LogP contribution is 2.30. The lowest BCUT2D eigenvalue weighted by atomic mass is 10.1. The van der Waals surface area contributed by atoms with Crippen LogP contribution in [0.4, 0.5) is 0 Å². The first-order valence-corrected chi connectivity index (χ1v) is 12.7. The number of Topliss-reactive ketones (excluding diaryl/α,β-unsaturated/α-hetero) is 1. The predicted octanol–water partition coefficient (Wildman–Crippen LogP) is 4.65. The molecular weight excluding hydrogens is 454 g/mol. The summed E-state index contributed by atoms with van der Waals surface area (Å²) in [7, 11) is -0.925. The molecule has 0 spiro atoms. The summed E-state index contributed by atoms with van der Waals surface area (Å²) in [6, 6.07) is 13.6. The number of ether oxygens (including phenoxy) is 2. The van der Waals surface area contributed by atoms with Crippen LogP contribution in [0.2, 0.25) is 0 Å². The Kier molecular flexibility index (Phi) is 8.84. The number of benzene rings is 2. The van der Waals surface area contributed by atoms with Crippen LogP contribution in [-0.4, -0.2) is 38.4 Å². The normalized spacial score (nSPS) is 12.3. The molecular formula is C25H31N3O5S. The molecule has 0 amide bonds. The summed E-state index contributed by atoms with van der Waals surface area (Å²) >= 11 is 0. The Morgan fingerprint density at radius 1 is 1.03 bits per heavy atom. The third kappa shape index (κ3) is 6.68. The first-order chi connectivity index (χ1) is 16.3. The Balaban J connectivity index is 1.83. The van der Waals surface area contributed by atoms with E-state index >= 15 is 0 Å². The minimum Gasteiger partial charge on any atom is -0.493 e. The molecule has 0 saturated carbocycles. The summed E-state index contributed by atoms with van der Waals surface area (Å²) in [6.45, 7) is 1.58. The van der Waals surface area contributed by atoms with E-state index in [0.717, 1.165) is 30.5 Å². The Labute approximate surface area is 200 Å². The maximum atomic E-state index is 13.2. The smallest absolute Gasteiger partial charge is 0.241 e. The fraction of sp³-hybridized carbons (Fsp3) is 0.360. The fourth-order valence-corrected chi connectivity index (χ4v) is 4.92. The van der Waals surface area contributed by atoms with Crippen molar-refractivity contribution in [3.05, 3.63) is 60.6 Å². The van der Waals surface area contributed by atoms with Crippen molar-refractivity contribution in [1.82, 2.24) is 14.7 Å². The molecule has 0 aliphatic rings. The van der Waals surface area contributed by atoms with E-state index in [1.165, 1.54) is 26.4 Å². The van der Waals surface area contributed by atoms with Crippen molar-refractivity contribution < 1.29 is 22.7 Å². The standard InChI is InChI=1S/C25H31N3O5S/c1-18(29)10-6-4-9-13-21(25-26-17-22(27-25)19-11-7-5-8-12-19)28-34(30,31)20-14-15-23(32-2)24(16-20)33-3/h5,7-8,11-12,14-17,21,28H,4,6,9-10,13H2,1-3H3,(H,26,27)/t21-/m0/s1. The van der Waals surface area contributed by atoms with Gasteiger partial charge < -0.3 is 19.3 Å². The molecule has 8 nitrogen and oxygen atoms in total. The second-order valence-corrected chi connectivity index (χ2v) is 9.75. The number of hydrogen-bond donors (Lipinski definition) is 2. The van der Waals surface area contributed by atoms with Crippen LogP contribution in [0.1, 0.15) is 50.9 Å². The molecule has 0 radical (unpaired) electrons. The third-order valence-electron chi connectivity index (χ3n) is 5.49. The lowest BCUT2D eigenvalue weighted by molar-refractivity contribution is -0.117. The monoisotopic (exact) mass is 485 g/mol. The van der Waals surface area contributed by atoms with Gasteiger partial charge in [-0.1, -0.05) is 43.2 Å². The van der Waals surface area contributed by atoms with Gasteiger partial charge in [-0.3, -0.25) is 0 Å². The largest absolute Gasteiger partial charge is 0.493 e. The van der Waals surface area contributed by atoms with E-state index in [1.54, 1.807) is 19.2 Å². The fourth-order valence-electron chi connectivity index (χ4n) is 3.67. The Hall–Kier alpha value is -3.17. The number of rotatable bonds is 13. The van der Waals surface area contributed by atoms with Gasteiger partial charge in [0.2, 0.25) is 10.0 Å². The van der Waals surface area contributed by atoms with Gasteiger partial charge in [0.25, 0.3) is 0 Å². The van der Waals surface area contributed by atoms with E-state index in [4.69, 9.17) is 9.47 Å². The lowest BCUT2D eigenvalue weighted by Gasteiger charge is -2.18. The van der Waals surface area contributed by atoms with Crippen molar-refractivity contribution in [3.8, 4) is 22.8 Å². The zero-order valence-electron chi connectivity index (χ0n) is 19.7. The number of unbranched alkanes of at least 4 members (excludes halogenated alkanes) is 2.